The Bertz CT molecular complexity index is 662. The molecule has 0 saturated carbocycles. The van der Waals surface area contributed by atoms with Crippen LogP contribution in [0.3, 0.4) is 0 Å². The van der Waals surface area contributed by atoms with E-state index in [-0.39, 0.29) is 11.6 Å². The summed E-state index contributed by atoms with van der Waals surface area (Å²) in [4.78, 5) is 14.8. The zero-order valence-electron chi connectivity index (χ0n) is 15.7. The molecule has 2 rings (SSSR count). The van der Waals surface area contributed by atoms with Crippen LogP contribution in [-0.2, 0) is 0 Å². The SMILES string of the molecule is CCCN(CCC)CCCOc1ccc(C(=O)c2ccc(F)cc2)cc1. The van der Waals surface area contributed by atoms with Crippen molar-refractivity contribution in [2.24, 2.45) is 0 Å². The number of hydrogen-bond acceptors (Lipinski definition) is 3. The van der Waals surface area contributed by atoms with E-state index in [0.29, 0.717) is 17.7 Å². The molecule has 3 nitrogen and oxygen atoms in total. The highest BCUT2D eigenvalue weighted by Crippen LogP contribution is 2.16. The van der Waals surface area contributed by atoms with Crippen molar-refractivity contribution in [2.45, 2.75) is 33.1 Å². The number of ether oxygens (including phenoxy) is 1. The fraction of sp³-hybridized carbons (Fsp3) is 0.409. The van der Waals surface area contributed by atoms with Gasteiger partial charge in [-0.25, -0.2) is 4.39 Å². The van der Waals surface area contributed by atoms with Crippen LogP contribution in [0, 0.1) is 5.82 Å². The monoisotopic (exact) mass is 357 g/mol. The van der Waals surface area contributed by atoms with Crippen LogP contribution >= 0.6 is 0 Å². The second-order valence-electron chi connectivity index (χ2n) is 6.40. The van der Waals surface area contributed by atoms with Crippen LogP contribution in [0.2, 0.25) is 0 Å². The van der Waals surface area contributed by atoms with Crippen molar-refractivity contribution in [1.82, 2.24) is 4.90 Å². The Morgan fingerprint density at radius 1 is 0.885 bits per heavy atom. The molecule has 0 N–H and O–H groups in total. The first-order valence-corrected chi connectivity index (χ1v) is 9.39. The molecule has 0 aliphatic heterocycles. The van der Waals surface area contributed by atoms with E-state index in [1.165, 1.54) is 37.1 Å². The van der Waals surface area contributed by atoms with E-state index in [9.17, 15) is 9.18 Å². The van der Waals surface area contributed by atoms with E-state index >= 15 is 0 Å². The van der Waals surface area contributed by atoms with Crippen molar-refractivity contribution in [3.8, 4) is 5.75 Å². The van der Waals surface area contributed by atoms with E-state index < -0.39 is 0 Å². The summed E-state index contributed by atoms with van der Waals surface area (Å²) in [6.07, 6.45) is 3.32. The Hall–Kier alpha value is -2.20. The summed E-state index contributed by atoms with van der Waals surface area (Å²) in [6.45, 7) is 8.38. The lowest BCUT2D eigenvalue weighted by molar-refractivity contribution is 0.103. The third-order valence-corrected chi connectivity index (χ3v) is 4.19. The minimum atomic E-state index is -0.346. The van der Waals surface area contributed by atoms with Gasteiger partial charge in [-0.15, -0.1) is 0 Å². The Kier molecular flexibility index (Phi) is 8.29. The second kappa shape index (κ2) is 10.7. The van der Waals surface area contributed by atoms with Crippen LogP contribution < -0.4 is 4.74 Å². The molecule has 0 bridgehead atoms. The van der Waals surface area contributed by atoms with Crippen molar-refractivity contribution in [3.05, 3.63) is 65.5 Å². The highest BCUT2D eigenvalue weighted by molar-refractivity contribution is 6.08. The van der Waals surface area contributed by atoms with Gasteiger partial charge in [0.15, 0.2) is 5.78 Å². The van der Waals surface area contributed by atoms with Gasteiger partial charge in [-0.1, -0.05) is 13.8 Å². The molecule has 0 amide bonds. The molecule has 140 valence electrons. The first-order chi connectivity index (χ1) is 12.6. The van der Waals surface area contributed by atoms with E-state index in [1.54, 1.807) is 12.1 Å². The molecule has 0 spiro atoms. The lowest BCUT2D eigenvalue weighted by Gasteiger charge is -2.20. The Morgan fingerprint density at radius 3 is 1.96 bits per heavy atom. The van der Waals surface area contributed by atoms with Crippen molar-refractivity contribution < 1.29 is 13.9 Å². The number of carbonyl (C=O) groups excluding carboxylic acids is 1. The third kappa shape index (κ3) is 6.26. The smallest absolute Gasteiger partial charge is 0.193 e. The molecule has 0 unspecified atom stereocenters. The van der Waals surface area contributed by atoms with Crippen LogP contribution in [0.5, 0.6) is 5.75 Å². The van der Waals surface area contributed by atoms with Gasteiger partial charge in [-0.2, -0.15) is 0 Å². The minimum absolute atomic E-state index is 0.119. The summed E-state index contributed by atoms with van der Waals surface area (Å²) in [5.74, 6) is 0.297. The molecule has 4 heteroatoms. The van der Waals surface area contributed by atoms with Gasteiger partial charge in [0.2, 0.25) is 0 Å². The average Bonchev–Trinajstić information content (AvgIpc) is 2.66. The first kappa shape index (κ1) is 20.1. The summed E-state index contributed by atoms with van der Waals surface area (Å²) >= 11 is 0. The summed E-state index contributed by atoms with van der Waals surface area (Å²) < 4.78 is 18.7. The van der Waals surface area contributed by atoms with Crippen LogP contribution in [0.15, 0.2) is 48.5 Å². The molecular formula is C22H28FNO2. The maximum atomic E-state index is 13.0. The topological polar surface area (TPSA) is 29.5 Å². The number of ketones is 1. The number of hydrogen-bond donors (Lipinski definition) is 0. The van der Waals surface area contributed by atoms with Gasteiger partial charge in [-0.05, 0) is 80.9 Å². The van der Waals surface area contributed by atoms with Crippen LogP contribution in [-0.4, -0.2) is 36.9 Å². The summed E-state index contributed by atoms with van der Waals surface area (Å²) in [7, 11) is 0. The van der Waals surface area contributed by atoms with Gasteiger partial charge in [-0.3, -0.25) is 4.79 Å². The predicted molar refractivity (Wildman–Crippen MR) is 103 cm³/mol. The Morgan fingerprint density at radius 2 is 1.42 bits per heavy atom. The summed E-state index contributed by atoms with van der Waals surface area (Å²) in [6, 6.07) is 12.7. The first-order valence-electron chi connectivity index (χ1n) is 9.39. The van der Waals surface area contributed by atoms with Crippen molar-refractivity contribution in [2.75, 3.05) is 26.2 Å². The molecule has 0 atom stereocenters. The minimum Gasteiger partial charge on any atom is -0.494 e. The van der Waals surface area contributed by atoms with E-state index in [4.69, 9.17) is 4.74 Å². The van der Waals surface area contributed by atoms with E-state index in [2.05, 4.69) is 18.7 Å². The second-order valence-corrected chi connectivity index (χ2v) is 6.40. The van der Waals surface area contributed by atoms with Crippen molar-refractivity contribution in [1.29, 1.82) is 0 Å². The molecule has 26 heavy (non-hydrogen) atoms. The van der Waals surface area contributed by atoms with E-state index in [1.807, 2.05) is 12.1 Å². The fourth-order valence-electron chi connectivity index (χ4n) is 2.92. The maximum Gasteiger partial charge on any atom is 0.193 e. The van der Waals surface area contributed by atoms with Crippen LogP contribution in [0.1, 0.15) is 49.0 Å². The molecule has 2 aromatic carbocycles. The lowest BCUT2D eigenvalue weighted by atomic mass is 10.0. The molecule has 2 aromatic rings. The Labute approximate surface area is 155 Å². The van der Waals surface area contributed by atoms with Gasteiger partial charge < -0.3 is 9.64 Å². The largest absolute Gasteiger partial charge is 0.494 e. The molecular weight excluding hydrogens is 329 g/mol. The van der Waals surface area contributed by atoms with Crippen molar-refractivity contribution in [3.63, 3.8) is 0 Å². The summed E-state index contributed by atoms with van der Waals surface area (Å²) in [5.41, 5.74) is 1.05. The highest BCUT2D eigenvalue weighted by atomic mass is 19.1. The van der Waals surface area contributed by atoms with Gasteiger partial charge in [0.05, 0.1) is 6.61 Å². The van der Waals surface area contributed by atoms with Gasteiger partial charge in [0.1, 0.15) is 11.6 Å². The van der Waals surface area contributed by atoms with E-state index in [0.717, 1.165) is 31.8 Å². The third-order valence-electron chi connectivity index (χ3n) is 4.19. The number of rotatable bonds is 11. The molecule has 0 fully saturated rings. The van der Waals surface area contributed by atoms with Crippen LogP contribution in [0.25, 0.3) is 0 Å². The molecule has 0 aliphatic carbocycles. The molecule has 0 saturated heterocycles. The van der Waals surface area contributed by atoms with Crippen LogP contribution in [0.4, 0.5) is 4.39 Å². The number of carbonyl (C=O) groups is 1. The predicted octanol–water partition coefficient (Wildman–Crippen LogP) is 4.95. The van der Waals surface area contributed by atoms with Crippen molar-refractivity contribution >= 4 is 5.78 Å². The average molecular weight is 357 g/mol. The summed E-state index contributed by atoms with van der Waals surface area (Å²) in [5, 5.41) is 0. The number of benzene rings is 2. The number of nitrogens with zero attached hydrogens (tertiary/aromatic N) is 1. The quantitative estimate of drug-likeness (QED) is 0.421. The zero-order chi connectivity index (χ0) is 18.8. The standard InChI is InChI=1S/C22H28FNO2/c1-3-14-24(15-4-2)16-5-17-26-21-12-8-19(9-13-21)22(25)18-6-10-20(23)11-7-18/h6-13H,3-5,14-17H2,1-2H3. The zero-order valence-corrected chi connectivity index (χ0v) is 15.7. The Balaban J connectivity index is 1.81. The molecule has 0 aliphatic rings. The van der Waals surface area contributed by atoms with Gasteiger partial charge >= 0.3 is 0 Å². The normalized spacial score (nSPS) is 10.9. The highest BCUT2D eigenvalue weighted by Gasteiger charge is 2.09. The lowest BCUT2D eigenvalue weighted by Crippen LogP contribution is -2.27. The molecule has 0 aromatic heterocycles. The van der Waals surface area contributed by atoms with Gasteiger partial charge in [0.25, 0.3) is 0 Å². The van der Waals surface area contributed by atoms with Gasteiger partial charge in [0, 0.05) is 17.7 Å². The molecule has 0 radical (unpaired) electrons. The molecule has 0 heterocycles. The number of halogens is 1. The fourth-order valence-corrected chi connectivity index (χ4v) is 2.92. The maximum absolute atomic E-state index is 13.0.